The molecule has 2 rings (SSSR count). The zero-order chi connectivity index (χ0) is 23.9. The molecule has 2 N–H and O–H groups in total. The quantitative estimate of drug-likeness (QED) is 0.328. The highest BCUT2D eigenvalue weighted by Gasteiger charge is 2.24. The summed E-state index contributed by atoms with van der Waals surface area (Å²) in [5.41, 5.74) is 2.33. The van der Waals surface area contributed by atoms with Crippen LogP contribution in [0.15, 0.2) is 29.5 Å². The molecule has 0 bridgehead atoms. The standard InChI is InChI=1S/C24H37N5O3/c1-8-16(30)15-32-17(9-2)13-20(25-6)22-26-19-12-10-11-18(19)23(27-22)29(7)14-21(31)28-24(3,4)5/h9,13,16,30H,2,8,10-12,14-15H2,1,3-7H3,(H,28,31)/b17-13+,25-20?. The maximum atomic E-state index is 12.5. The van der Waals surface area contributed by atoms with Crippen molar-refractivity contribution in [1.29, 1.82) is 0 Å². The second kappa shape index (κ2) is 11.2. The van der Waals surface area contributed by atoms with Gasteiger partial charge in [0.1, 0.15) is 23.9 Å². The number of carbonyl (C=O) groups is 1. The van der Waals surface area contributed by atoms with Crippen LogP contribution < -0.4 is 10.2 Å². The minimum atomic E-state index is -0.545. The Morgan fingerprint density at radius 3 is 2.69 bits per heavy atom. The van der Waals surface area contributed by atoms with E-state index >= 15 is 0 Å². The van der Waals surface area contributed by atoms with E-state index < -0.39 is 6.10 Å². The number of nitrogens with one attached hydrogen (secondary N) is 1. The molecule has 1 aliphatic rings. The number of carbonyl (C=O) groups excluding carboxylic acids is 1. The second-order valence-electron chi connectivity index (χ2n) is 9.04. The second-order valence-corrected chi connectivity index (χ2v) is 9.04. The molecule has 0 aromatic carbocycles. The van der Waals surface area contributed by atoms with Crippen LogP contribution in [-0.2, 0) is 22.4 Å². The first-order valence-corrected chi connectivity index (χ1v) is 11.1. The fourth-order valence-corrected chi connectivity index (χ4v) is 3.42. The monoisotopic (exact) mass is 443 g/mol. The lowest BCUT2D eigenvalue weighted by molar-refractivity contribution is -0.121. The van der Waals surface area contributed by atoms with E-state index in [9.17, 15) is 9.90 Å². The predicted molar refractivity (Wildman–Crippen MR) is 128 cm³/mol. The number of rotatable bonds is 10. The molecular formula is C24H37N5O3. The van der Waals surface area contributed by atoms with E-state index in [2.05, 4.69) is 16.9 Å². The van der Waals surface area contributed by atoms with Crippen molar-refractivity contribution >= 4 is 17.4 Å². The molecule has 8 nitrogen and oxygen atoms in total. The van der Waals surface area contributed by atoms with E-state index in [-0.39, 0.29) is 24.6 Å². The Balaban J connectivity index is 2.33. The number of fused-ring (bicyclic) bond motifs is 1. The van der Waals surface area contributed by atoms with Crippen LogP contribution >= 0.6 is 0 Å². The van der Waals surface area contributed by atoms with E-state index in [1.807, 2.05) is 39.6 Å². The molecule has 176 valence electrons. The zero-order valence-corrected chi connectivity index (χ0v) is 20.2. The molecular weight excluding hydrogens is 406 g/mol. The number of nitrogens with zero attached hydrogens (tertiary/aromatic N) is 4. The first-order valence-electron chi connectivity index (χ1n) is 11.1. The van der Waals surface area contributed by atoms with Crippen LogP contribution in [0.25, 0.3) is 0 Å². The van der Waals surface area contributed by atoms with Crippen LogP contribution in [0.2, 0.25) is 0 Å². The number of allylic oxidation sites excluding steroid dienone is 2. The molecule has 1 atom stereocenters. The molecule has 0 radical (unpaired) electrons. The van der Waals surface area contributed by atoms with Crippen LogP contribution in [0.4, 0.5) is 5.82 Å². The highest BCUT2D eigenvalue weighted by molar-refractivity contribution is 6.06. The van der Waals surface area contributed by atoms with Gasteiger partial charge in [-0.3, -0.25) is 9.79 Å². The van der Waals surface area contributed by atoms with Crippen molar-refractivity contribution in [2.24, 2.45) is 4.99 Å². The smallest absolute Gasteiger partial charge is 0.239 e. The number of anilines is 1. The van der Waals surface area contributed by atoms with Crippen molar-refractivity contribution < 1.29 is 14.6 Å². The maximum Gasteiger partial charge on any atom is 0.239 e. The molecule has 0 aliphatic heterocycles. The van der Waals surface area contributed by atoms with Gasteiger partial charge in [-0.2, -0.15) is 0 Å². The number of hydrogen-bond donors (Lipinski definition) is 2. The number of aryl methyl sites for hydroxylation is 1. The maximum absolute atomic E-state index is 12.5. The molecule has 0 saturated carbocycles. The number of ether oxygens (including phenoxy) is 1. The Kier molecular flexibility index (Phi) is 8.95. The molecule has 0 fully saturated rings. The van der Waals surface area contributed by atoms with E-state index in [1.54, 1.807) is 19.2 Å². The topological polar surface area (TPSA) is 99.9 Å². The van der Waals surface area contributed by atoms with Crippen molar-refractivity contribution in [1.82, 2.24) is 15.3 Å². The van der Waals surface area contributed by atoms with Gasteiger partial charge in [-0.25, -0.2) is 9.97 Å². The van der Waals surface area contributed by atoms with Gasteiger partial charge in [0.2, 0.25) is 5.91 Å². The third-order valence-electron chi connectivity index (χ3n) is 5.03. The van der Waals surface area contributed by atoms with Gasteiger partial charge in [0.05, 0.1) is 12.6 Å². The lowest BCUT2D eigenvalue weighted by Gasteiger charge is -2.25. The van der Waals surface area contributed by atoms with E-state index in [0.717, 1.165) is 36.3 Å². The van der Waals surface area contributed by atoms with Crippen LogP contribution in [0.3, 0.4) is 0 Å². The fourth-order valence-electron chi connectivity index (χ4n) is 3.42. The SMILES string of the molecule is C=C/C(=C\C(=NC)c1nc2c(c(N(C)CC(=O)NC(C)(C)C)n1)CCC2)OCC(O)CC. The van der Waals surface area contributed by atoms with Gasteiger partial charge < -0.3 is 20.1 Å². The van der Waals surface area contributed by atoms with Crippen LogP contribution in [0.5, 0.6) is 0 Å². The molecule has 1 heterocycles. The summed E-state index contributed by atoms with van der Waals surface area (Å²) in [6.07, 6.45) is 6.12. The summed E-state index contributed by atoms with van der Waals surface area (Å²) in [4.78, 5) is 28.2. The summed E-state index contributed by atoms with van der Waals surface area (Å²) in [6, 6.07) is 0. The van der Waals surface area contributed by atoms with Gasteiger partial charge in [-0.05, 0) is 52.5 Å². The molecule has 1 aromatic heterocycles. The average molecular weight is 444 g/mol. The third kappa shape index (κ3) is 7.15. The number of aliphatic imine (C=N–C) groups is 1. The molecule has 1 aliphatic carbocycles. The molecule has 1 amide bonds. The average Bonchev–Trinajstić information content (AvgIpc) is 3.20. The molecule has 8 heteroatoms. The number of aliphatic hydroxyl groups is 1. The third-order valence-corrected chi connectivity index (χ3v) is 5.03. The first-order chi connectivity index (χ1) is 15.1. The lowest BCUT2D eigenvalue weighted by Crippen LogP contribution is -2.45. The van der Waals surface area contributed by atoms with Gasteiger partial charge in [-0.1, -0.05) is 13.5 Å². The molecule has 1 aromatic rings. The summed E-state index contributed by atoms with van der Waals surface area (Å²) in [6.45, 7) is 11.9. The highest BCUT2D eigenvalue weighted by Crippen LogP contribution is 2.28. The minimum absolute atomic E-state index is 0.0620. The van der Waals surface area contributed by atoms with Crippen LogP contribution in [-0.4, -0.2) is 65.6 Å². The molecule has 1 unspecified atom stereocenters. The summed E-state index contributed by atoms with van der Waals surface area (Å²) >= 11 is 0. The predicted octanol–water partition coefficient (Wildman–Crippen LogP) is 2.59. The molecule has 32 heavy (non-hydrogen) atoms. The number of amides is 1. The Labute approximate surface area is 191 Å². The Bertz CT molecular complexity index is 886. The Morgan fingerprint density at radius 1 is 1.38 bits per heavy atom. The van der Waals surface area contributed by atoms with Crippen molar-refractivity contribution in [3.63, 3.8) is 0 Å². The molecule has 0 saturated heterocycles. The van der Waals surface area contributed by atoms with Crippen LogP contribution in [0.1, 0.15) is 57.6 Å². The van der Waals surface area contributed by atoms with Gasteiger partial charge >= 0.3 is 0 Å². The van der Waals surface area contributed by atoms with Gasteiger partial charge in [0.15, 0.2) is 5.82 Å². The van der Waals surface area contributed by atoms with E-state index in [0.29, 0.717) is 23.7 Å². The number of hydrogen-bond acceptors (Lipinski definition) is 7. The fraction of sp³-hybridized carbons (Fsp3) is 0.583. The lowest BCUT2D eigenvalue weighted by atomic mass is 10.1. The van der Waals surface area contributed by atoms with Crippen molar-refractivity contribution in [3.05, 3.63) is 41.6 Å². The van der Waals surface area contributed by atoms with Crippen molar-refractivity contribution in [2.75, 3.05) is 32.1 Å². The Morgan fingerprint density at radius 2 is 2.09 bits per heavy atom. The van der Waals surface area contributed by atoms with Crippen LogP contribution in [0, 0.1) is 0 Å². The summed E-state index contributed by atoms with van der Waals surface area (Å²) in [5.74, 6) is 1.66. The van der Waals surface area contributed by atoms with E-state index in [4.69, 9.17) is 14.7 Å². The molecule has 0 spiro atoms. The van der Waals surface area contributed by atoms with Crippen molar-refractivity contribution in [3.8, 4) is 0 Å². The Hall–Kier alpha value is -2.74. The van der Waals surface area contributed by atoms with Crippen molar-refractivity contribution in [2.45, 2.75) is 65.0 Å². The highest BCUT2D eigenvalue weighted by atomic mass is 16.5. The minimum Gasteiger partial charge on any atom is -0.491 e. The normalized spacial score (nSPS) is 15.2. The summed E-state index contributed by atoms with van der Waals surface area (Å²) in [7, 11) is 3.54. The van der Waals surface area contributed by atoms with Gasteiger partial charge in [-0.15, -0.1) is 0 Å². The number of aliphatic hydroxyl groups excluding tert-OH is 1. The van der Waals surface area contributed by atoms with E-state index in [1.165, 1.54) is 0 Å². The summed E-state index contributed by atoms with van der Waals surface area (Å²) < 4.78 is 5.66. The first kappa shape index (κ1) is 25.5. The zero-order valence-electron chi connectivity index (χ0n) is 20.2. The number of aromatic nitrogens is 2. The largest absolute Gasteiger partial charge is 0.491 e. The van der Waals surface area contributed by atoms with Gasteiger partial charge in [0, 0.05) is 37.0 Å². The summed E-state index contributed by atoms with van der Waals surface area (Å²) in [5, 5.41) is 12.8. The van der Waals surface area contributed by atoms with Gasteiger partial charge in [0.25, 0.3) is 0 Å². The number of likely N-dealkylation sites (N-methyl/N-ethyl adjacent to an activating group) is 1.